The standard InChI is InChI=1S/C15H18FNO/c1-2-17-15(10-9-12-6-5-11-18-12)13-7-3-4-8-14(13)16/h3-8,11,15,17H,2,9-10H2,1H3. The van der Waals surface area contributed by atoms with Crippen LogP contribution in [0.1, 0.15) is 30.7 Å². The lowest BCUT2D eigenvalue weighted by Gasteiger charge is -2.18. The maximum Gasteiger partial charge on any atom is 0.127 e. The van der Waals surface area contributed by atoms with Crippen molar-refractivity contribution in [1.29, 1.82) is 0 Å². The zero-order valence-electron chi connectivity index (χ0n) is 10.5. The van der Waals surface area contributed by atoms with E-state index in [1.807, 2.05) is 31.2 Å². The number of furan rings is 1. The maximum absolute atomic E-state index is 13.8. The molecular formula is C15H18FNO. The largest absolute Gasteiger partial charge is 0.469 e. The lowest BCUT2D eigenvalue weighted by atomic mass is 10.0. The summed E-state index contributed by atoms with van der Waals surface area (Å²) in [6.07, 6.45) is 3.29. The summed E-state index contributed by atoms with van der Waals surface area (Å²) >= 11 is 0. The molecule has 0 aliphatic carbocycles. The molecule has 18 heavy (non-hydrogen) atoms. The molecule has 0 amide bonds. The monoisotopic (exact) mass is 247 g/mol. The number of benzene rings is 1. The van der Waals surface area contributed by atoms with Gasteiger partial charge in [0.15, 0.2) is 0 Å². The second-order valence-corrected chi connectivity index (χ2v) is 4.25. The van der Waals surface area contributed by atoms with Gasteiger partial charge in [0.1, 0.15) is 11.6 Å². The molecule has 2 rings (SSSR count). The third-order valence-electron chi connectivity index (χ3n) is 2.99. The van der Waals surface area contributed by atoms with Crippen molar-refractivity contribution in [2.75, 3.05) is 6.54 Å². The zero-order chi connectivity index (χ0) is 12.8. The maximum atomic E-state index is 13.8. The zero-order valence-corrected chi connectivity index (χ0v) is 10.5. The lowest BCUT2D eigenvalue weighted by Crippen LogP contribution is -2.22. The highest BCUT2D eigenvalue weighted by atomic mass is 19.1. The van der Waals surface area contributed by atoms with Gasteiger partial charge in [-0.05, 0) is 31.2 Å². The molecule has 2 nitrogen and oxygen atoms in total. The molecule has 1 heterocycles. The van der Waals surface area contributed by atoms with Crippen LogP contribution in [0.25, 0.3) is 0 Å². The first-order valence-corrected chi connectivity index (χ1v) is 6.31. The fraction of sp³-hybridized carbons (Fsp3) is 0.333. The van der Waals surface area contributed by atoms with Crippen LogP contribution in [0.5, 0.6) is 0 Å². The first-order chi connectivity index (χ1) is 8.81. The van der Waals surface area contributed by atoms with Crippen molar-refractivity contribution in [2.45, 2.75) is 25.8 Å². The Morgan fingerprint density at radius 1 is 1.22 bits per heavy atom. The van der Waals surface area contributed by atoms with E-state index in [4.69, 9.17) is 4.42 Å². The summed E-state index contributed by atoms with van der Waals surface area (Å²) in [7, 11) is 0. The summed E-state index contributed by atoms with van der Waals surface area (Å²) in [4.78, 5) is 0. The second kappa shape index (κ2) is 6.36. The second-order valence-electron chi connectivity index (χ2n) is 4.25. The molecule has 0 bridgehead atoms. The smallest absolute Gasteiger partial charge is 0.127 e. The van der Waals surface area contributed by atoms with Crippen LogP contribution < -0.4 is 5.32 Å². The SMILES string of the molecule is CCNC(CCc1ccco1)c1ccccc1F. The molecule has 2 aromatic rings. The van der Waals surface area contributed by atoms with E-state index >= 15 is 0 Å². The predicted octanol–water partition coefficient (Wildman–Crippen LogP) is 3.70. The van der Waals surface area contributed by atoms with Crippen LogP contribution in [0.3, 0.4) is 0 Å². The fourth-order valence-corrected chi connectivity index (χ4v) is 2.11. The van der Waals surface area contributed by atoms with E-state index in [0.29, 0.717) is 0 Å². The van der Waals surface area contributed by atoms with Crippen LogP contribution in [0, 0.1) is 5.82 Å². The van der Waals surface area contributed by atoms with Crippen LogP contribution in [-0.2, 0) is 6.42 Å². The van der Waals surface area contributed by atoms with Crippen molar-refractivity contribution in [1.82, 2.24) is 5.32 Å². The molecule has 1 aromatic heterocycles. The first kappa shape index (κ1) is 12.8. The highest BCUT2D eigenvalue weighted by Crippen LogP contribution is 2.22. The van der Waals surface area contributed by atoms with Gasteiger partial charge in [-0.2, -0.15) is 0 Å². The molecule has 0 radical (unpaired) electrons. The molecule has 1 N–H and O–H groups in total. The molecule has 0 aliphatic rings. The number of aryl methyl sites for hydroxylation is 1. The Labute approximate surface area is 107 Å². The van der Waals surface area contributed by atoms with E-state index in [1.54, 1.807) is 12.3 Å². The number of halogens is 1. The van der Waals surface area contributed by atoms with Crippen molar-refractivity contribution >= 4 is 0 Å². The molecule has 0 aliphatic heterocycles. The van der Waals surface area contributed by atoms with Crippen molar-refractivity contribution < 1.29 is 8.81 Å². The molecule has 1 aromatic carbocycles. The van der Waals surface area contributed by atoms with Gasteiger partial charge >= 0.3 is 0 Å². The number of hydrogen-bond acceptors (Lipinski definition) is 2. The first-order valence-electron chi connectivity index (χ1n) is 6.31. The average molecular weight is 247 g/mol. The molecule has 1 unspecified atom stereocenters. The van der Waals surface area contributed by atoms with Gasteiger partial charge in [0.2, 0.25) is 0 Å². The Hall–Kier alpha value is -1.61. The van der Waals surface area contributed by atoms with Gasteiger partial charge in [-0.3, -0.25) is 0 Å². The van der Waals surface area contributed by atoms with Crippen molar-refractivity contribution in [2.24, 2.45) is 0 Å². The minimum Gasteiger partial charge on any atom is -0.469 e. The summed E-state index contributed by atoms with van der Waals surface area (Å²) in [5.74, 6) is 0.789. The Kier molecular flexibility index (Phi) is 4.53. The molecule has 0 fully saturated rings. The van der Waals surface area contributed by atoms with Crippen LogP contribution in [-0.4, -0.2) is 6.54 Å². The van der Waals surface area contributed by atoms with Gasteiger partial charge in [0, 0.05) is 18.0 Å². The minimum atomic E-state index is -0.150. The molecule has 96 valence electrons. The predicted molar refractivity (Wildman–Crippen MR) is 69.8 cm³/mol. The van der Waals surface area contributed by atoms with Crippen LogP contribution in [0.4, 0.5) is 4.39 Å². The van der Waals surface area contributed by atoms with Gasteiger partial charge in [0.05, 0.1) is 6.26 Å². The van der Waals surface area contributed by atoms with Crippen molar-refractivity contribution in [3.8, 4) is 0 Å². The van der Waals surface area contributed by atoms with Crippen LogP contribution >= 0.6 is 0 Å². The van der Waals surface area contributed by atoms with Crippen LogP contribution in [0.15, 0.2) is 47.1 Å². The molecule has 0 saturated carbocycles. The number of hydrogen-bond donors (Lipinski definition) is 1. The Morgan fingerprint density at radius 3 is 2.72 bits per heavy atom. The lowest BCUT2D eigenvalue weighted by molar-refractivity contribution is 0.447. The highest BCUT2D eigenvalue weighted by molar-refractivity contribution is 5.21. The Morgan fingerprint density at radius 2 is 2.06 bits per heavy atom. The van der Waals surface area contributed by atoms with E-state index in [0.717, 1.165) is 30.7 Å². The Bertz CT molecular complexity index is 467. The Balaban J connectivity index is 2.06. The molecule has 0 saturated heterocycles. The quantitative estimate of drug-likeness (QED) is 0.842. The summed E-state index contributed by atoms with van der Waals surface area (Å²) < 4.78 is 19.1. The van der Waals surface area contributed by atoms with E-state index in [-0.39, 0.29) is 11.9 Å². The summed E-state index contributed by atoms with van der Waals surface area (Å²) in [6.45, 7) is 2.85. The van der Waals surface area contributed by atoms with Gasteiger partial charge in [-0.1, -0.05) is 25.1 Å². The van der Waals surface area contributed by atoms with Gasteiger partial charge in [0.25, 0.3) is 0 Å². The minimum absolute atomic E-state index is 0.0290. The third-order valence-corrected chi connectivity index (χ3v) is 2.99. The highest BCUT2D eigenvalue weighted by Gasteiger charge is 2.14. The third kappa shape index (κ3) is 3.20. The summed E-state index contributed by atoms with van der Waals surface area (Å²) in [6, 6.07) is 10.8. The van der Waals surface area contributed by atoms with E-state index in [9.17, 15) is 4.39 Å². The normalized spacial score (nSPS) is 12.6. The van der Waals surface area contributed by atoms with Gasteiger partial charge in [-0.15, -0.1) is 0 Å². The fourth-order valence-electron chi connectivity index (χ4n) is 2.11. The van der Waals surface area contributed by atoms with Crippen molar-refractivity contribution in [3.05, 3.63) is 59.8 Å². The molecular weight excluding hydrogens is 229 g/mol. The van der Waals surface area contributed by atoms with E-state index in [1.165, 1.54) is 6.07 Å². The number of nitrogens with one attached hydrogen (secondary N) is 1. The topological polar surface area (TPSA) is 25.2 Å². The van der Waals surface area contributed by atoms with Gasteiger partial charge in [-0.25, -0.2) is 4.39 Å². The van der Waals surface area contributed by atoms with Crippen LogP contribution in [0.2, 0.25) is 0 Å². The molecule has 3 heteroatoms. The van der Waals surface area contributed by atoms with E-state index < -0.39 is 0 Å². The van der Waals surface area contributed by atoms with E-state index in [2.05, 4.69) is 5.32 Å². The summed E-state index contributed by atoms with van der Waals surface area (Å²) in [5.41, 5.74) is 0.728. The average Bonchev–Trinajstić information content (AvgIpc) is 2.88. The number of rotatable bonds is 6. The van der Waals surface area contributed by atoms with Crippen molar-refractivity contribution in [3.63, 3.8) is 0 Å². The van der Waals surface area contributed by atoms with Gasteiger partial charge < -0.3 is 9.73 Å². The molecule has 1 atom stereocenters. The molecule has 0 spiro atoms. The summed E-state index contributed by atoms with van der Waals surface area (Å²) in [5, 5.41) is 3.32.